The van der Waals surface area contributed by atoms with Gasteiger partial charge in [0.1, 0.15) is 9.84 Å². The van der Waals surface area contributed by atoms with Crippen LogP contribution < -0.4 is 5.32 Å². The molecule has 0 bridgehead atoms. The smallest absolute Gasteiger partial charge is 0.257 e. The van der Waals surface area contributed by atoms with Crippen molar-refractivity contribution in [3.63, 3.8) is 0 Å². The number of anilines is 1. The van der Waals surface area contributed by atoms with E-state index in [1.165, 1.54) is 23.5 Å². The molecule has 1 saturated heterocycles. The SMILES string of the molecule is CS(=O)(=O)c1ccc(/C(=C\C2CCS(=O)(=O)CC2)C(=O)Nc2nccs2)cc1. The molecule has 1 N–H and O–H groups in total. The molecule has 0 aliphatic carbocycles. The van der Waals surface area contributed by atoms with Gasteiger partial charge < -0.3 is 0 Å². The zero-order chi connectivity index (χ0) is 20.4. The van der Waals surface area contributed by atoms with Crippen molar-refractivity contribution < 1.29 is 21.6 Å². The summed E-state index contributed by atoms with van der Waals surface area (Å²) in [6, 6.07) is 6.09. The van der Waals surface area contributed by atoms with Crippen molar-refractivity contribution in [2.75, 3.05) is 23.1 Å². The number of amides is 1. The highest BCUT2D eigenvalue weighted by Gasteiger charge is 2.24. The van der Waals surface area contributed by atoms with Crippen molar-refractivity contribution in [1.82, 2.24) is 4.98 Å². The van der Waals surface area contributed by atoms with Crippen LogP contribution >= 0.6 is 11.3 Å². The van der Waals surface area contributed by atoms with Gasteiger partial charge in [-0.15, -0.1) is 11.3 Å². The largest absolute Gasteiger partial charge is 0.298 e. The molecule has 0 spiro atoms. The fourth-order valence-corrected chi connectivity index (χ4v) is 5.63. The number of thiazole rings is 1. The molecule has 0 saturated carbocycles. The summed E-state index contributed by atoms with van der Waals surface area (Å²) >= 11 is 1.29. The third-order valence-electron chi connectivity index (χ3n) is 4.49. The maximum absolute atomic E-state index is 12.8. The maximum atomic E-state index is 12.8. The first-order chi connectivity index (χ1) is 13.1. The fraction of sp³-hybridized carbons (Fsp3) is 0.333. The molecular formula is C18H20N2O5S3. The molecule has 1 aromatic heterocycles. The molecule has 0 radical (unpaired) electrons. The number of carbonyl (C=O) groups excluding carboxylic acids is 1. The lowest BCUT2D eigenvalue weighted by Crippen LogP contribution is -2.23. The van der Waals surface area contributed by atoms with Crippen LogP contribution in [0.25, 0.3) is 5.57 Å². The topological polar surface area (TPSA) is 110 Å². The first-order valence-electron chi connectivity index (χ1n) is 8.58. The van der Waals surface area contributed by atoms with Gasteiger partial charge in [0.2, 0.25) is 0 Å². The Bertz CT molecular complexity index is 1070. The maximum Gasteiger partial charge on any atom is 0.257 e. The lowest BCUT2D eigenvalue weighted by Gasteiger charge is -2.20. The minimum absolute atomic E-state index is 0.0462. The van der Waals surface area contributed by atoms with E-state index in [9.17, 15) is 21.6 Å². The second-order valence-electron chi connectivity index (χ2n) is 6.66. The number of sulfone groups is 2. The Balaban J connectivity index is 1.92. The highest BCUT2D eigenvalue weighted by Crippen LogP contribution is 2.27. The summed E-state index contributed by atoms with van der Waals surface area (Å²) in [5.41, 5.74) is 0.939. The van der Waals surface area contributed by atoms with Crippen molar-refractivity contribution in [2.24, 2.45) is 5.92 Å². The molecule has 1 aromatic carbocycles. The van der Waals surface area contributed by atoms with Crippen LogP contribution in [-0.2, 0) is 24.5 Å². The van der Waals surface area contributed by atoms with Crippen molar-refractivity contribution in [3.05, 3.63) is 47.5 Å². The van der Waals surface area contributed by atoms with Crippen LogP contribution in [0.3, 0.4) is 0 Å². The van der Waals surface area contributed by atoms with Gasteiger partial charge in [0, 0.05) is 23.4 Å². The quantitative estimate of drug-likeness (QED) is 0.715. The predicted molar refractivity (Wildman–Crippen MR) is 110 cm³/mol. The summed E-state index contributed by atoms with van der Waals surface area (Å²) in [5.74, 6) is -0.212. The van der Waals surface area contributed by atoms with Crippen LogP contribution in [0, 0.1) is 5.92 Å². The van der Waals surface area contributed by atoms with Gasteiger partial charge in [0.25, 0.3) is 5.91 Å². The van der Waals surface area contributed by atoms with Crippen LogP contribution in [0.15, 0.2) is 46.8 Å². The molecule has 0 atom stereocenters. The molecule has 0 unspecified atom stereocenters. The second-order valence-corrected chi connectivity index (χ2v) is 11.9. The summed E-state index contributed by atoms with van der Waals surface area (Å²) < 4.78 is 46.7. The molecule has 1 aliphatic rings. The Morgan fingerprint density at radius 3 is 2.39 bits per heavy atom. The van der Waals surface area contributed by atoms with Crippen LogP contribution in [0.4, 0.5) is 5.13 Å². The standard InChI is InChI=1S/C18H20N2O5S3/c1-27(22,23)15-4-2-14(3-5-15)16(17(21)20-18-19-8-9-26-18)12-13-6-10-28(24,25)11-7-13/h2-5,8-9,12-13H,6-7,10-11H2,1H3,(H,19,20,21)/b16-12+. The van der Waals surface area contributed by atoms with Gasteiger partial charge in [0.05, 0.1) is 16.4 Å². The Morgan fingerprint density at radius 1 is 1.21 bits per heavy atom. The van der Waals surface area contributed by atoms with Gasteiger partial charge in [-0.1, -0.05) is 18.2 Å². The zero-order valence-electron chi connectivity index (χ0n) is 15.2. The Kier molecular flexibility index (Phi) is 6.01. The number of hydrogen-bond donors (Lipinski definition) is 1. The molecular weight excluding hydrogens is 420 g/mol. The van der Waals surface area contributed by atoms with Gasteiger partial charge in [-0.05, 0) is 36.5 Å². The molecule has 2 heterocycles. The number of benzene rings is 1. The van der Waals surface area contributed by atoms with Gasteiger partial charge in [-0.2, -0.15) is 0 Å². The van der Waals surface area contributed by atoms with Crippen molar-refractivity contribution in [3.8, 4) is 0 Å². The summed E-state index contributed by atoms with van der Waals surface area (Å²) in [6.45, 7) is 0. The van der Waals surface area contributed by atoms with E-state index in [1.807, 2.05) is 0 Å². The normalized spacial score (nSPS) is 18.0. The van der Waals surface area contributed by atoms with E-state index in [0.29, 0.717) is 29.1 Å². The number of rotatable bonds is 5. The number of allylic oxidation sites excluding steroid dienone is 1. The van der Waals surface area contributed by atoms with Crippen molar-refractivity contribution in [2.45, 2.75) is 17.7 Å². The second kappa shape index (κ2) is 8.14. The molecule has 150 valence electrons. The van der Waals surface area contributed by atoms with E-state index in [-0.39, 0.29) is 28.2 Å². The number of aromatic nitrogens is 1. The summed E-state index contributed by atoms with van der Waals surface area (Å²) in [7, 11) is -6.35. The van der Waals surface area contributed by atoms with Crippen LogP contribution in [0.1, 0.15) is 18.4 Å². The lowest BCUT2D eigenvalue weighted by atomic mass is 9.95. The average Bonchev–Trinajstić information content (AvgIpc) is 3.13. The van der Waals surface area contributed by atoms with Crippen LogP contribution in [0.5, 0.6) is 0 Å². The third-order valence-corrected chi connectivity index (χ3v) is 8.02. The average molecular weight is 441 g/mol. The van der Waals surface area contributed by atoms with E-state index in [4.69, 9.17) is 0 Å². The lowest BCUT2D eigenvalue weighted by molar-refractivity contribution is -0.111. The van der Waals surface area contributed by atoms with Crippen LogP contribution in [0.2, 0.25) is 0 Å². The minimum Gasteiger partial charge on any atom is -0.298 e. The molecule has 7 nitrogen and oxygen atoms in total. The molecule has 1 amide bonds. The number of carbonyl (C=O) groups is 1. The van der Waals surface area contributed by atoms with Gasteiger partial charge in [0.15, 0.2) is 15.0 Å². The van der Waals surface area contributed by atoms with Crippen molar-refractivity contribution in [1.29, 1.82) is 0 Å². The Labute approximate surface area is 168 Å². The minimum atomic E-state index is -3.34. The van der Waals surface area contributed by atoms with E-state index in [1.54, 1.807) is 29.8 Å². The molecule has 1 aliphatic heterocycles. The van der Waals surface area contributed by atoms with Crippen LogP contribution in [-0.4, -0.2) is 45.5 Å². The number of hydrogen-bond acceptors (Lipinski definition) is 7. The fourth-order valence-electron chi connectivity index (χ4n) is 2.94. The molecule has 1 fully saturated rings. The molecule has 28 heavy (non-hydrogen) atoms. The van der Waals surface area contributed by atoms with Gasteiger partial charge in [-0.25, -0.2) is 21.8 Å². The number of nitrogens with zero attached hydrogens (tertiary/aromatic N) is 1. The van der Waals surface area contributed by atoms with Gasteiger partial charge >= 0.3 is 0 Å². The monoisotopic (exact) mass is 440 g/mol. The molecule has 10 heteroatoms. The molecule has 3 rings (SSSR count). The summed E-state index contributed by atoms with van der Waals surface area (Å²) in [4.78, 5) is 17.1. The summed E-state index contributed by atoms with van der Waals surface area (Å²) in [5, 5.41) is 4.93. The van der Waals surface area contributed by atoms with E-state index >= 15 is 0 Å². The third kappa shape index (κ3) is 5.27. The highest BCUT2D eigenvalue weighted by atomic mass is 32.2. The first kappa shape index (κ1) is 20.7. The highest BCUT2D eigenvalue weighted by molar-refractivity contribution is 7.91. The van der Waals surface area contributed by atoms with E-state index < -0.39 is 19.7 Å². The van der Waals surface area contributed by atoms with E-state index in [0.717, 1.165) is 6.26 Å². The van der Waals surface area contributed by atoms with E-state index in [2.05, 4.69) is 10.3 Å². The van der Waals surface area contributed by atoms with Gasteiger partial charge in [-0.3, -0.25) is 10.1 Å². The Morgan fingerprint density at radius 2 is 1.86 bits per heavy atom. The predicted octanol–water partition coefficient (Wildman–Crippen LogP) is 2.39. The first-order valence-corrected chi connectivity index (χ1v) is 13.2. The number of nitrogens with one attached hydrogen (secondary N) is 1. The van der Waals surface area contributed by atoms with Crippen molar-refractivity contribution >= 4 is 47.6 Å². The zero-order valence-corrected chi connectivity index (χ0v) is 17.6. The summed E-state index contributed by atoms with van der Waals surface area (Å²) in [6.07, 6.45) is 5.40. The Hall–Kier alpha value is -2.04. The molecule has 2 aromatic rings.